The Kier molecular flexibility index (Phi) is 5.61. The van der Waals surface area contributed by atoms with Crippen LogP contribution in [-0.4, -0.2) is 48.5 Å². The van der Waals surface area contributed by atoms with Crippen molar-refractivity contribution in [2.75, 3.05) is 32.7 Å². The second-order valence-corrected chi connectivity index (χ2v) is 7.81. The number of fused-ring (bicyclic) bond motifs is 3. The molecule has 1 saturated heterocycles. The number of benzene rings is 1. The molecule has 30 heavy (non-hydrogen) atoms. The minimum atomic E-state index is -4.75. The van der Waals surface area contributed by atoms with E-state index < -0.39 is 17.6 Å². The Morgan fingerprint density at radius 2 is 1.83 bits per heavy atom. The van der Waals surface area contributed by atoms with E-state index in [2.05, 4.69) is 28.2 Å². The average Bonchev–Trinajstić information content (AvgIpc) is 2.92. The summed E-state index contributed by atoms with van der Waals surface area (Å²) in [6.45, 7) is 7.76. The van der Waals surface area contributed by atoms with Gasteiger partial charge < -0.3 is 15.1 Å². The molecular weight excluding hydrogens is 396 g/mol. The molecule has 0 aromatic heterocycles. The Labute approximate surface area is 174 Å². The molecule has 0 bridgehead atoms. The molecule has 3 aliphatic rings. The maximum atomic E-state index is 14.4. The van der Waals surface area contributed by atoms with Crippen molar-refractivity contribution in [1.82, 2.24) is 15.1 Å². The van der Waals surface area contributed by atoms with Crippen molar-refractivity contribution in [1.29, 1.82) is 0 Å². The van der Waals surface area contributed by atoms with Gasteiger partial charge in [-0.1, -0.05) is 25.5 Å². The highest BCUT2D eigenvalue weighted by atomic mass is 19.4. The van der Waals surface area contributed by atoms with Gasteiger partial charge >= 0.3 is 6.18 Å². The molecule has 162 valence electrons. The summed E-state index contributed by atoms with van der Waals surface area (Å²) in [6.07, 6.45) is -0.338. The van der Waals surface area contributed by atoms with Crippen molar-refractivity contribution in [3.63, 3.8) is 0 Å². The topological polar surface area (TPSA) is 30.9 Å². The summed E-state index contributed by atoms with van der Waals surface area (Å²) in [5.41, 5.74) is 2.41. The summed E-state index contributed by atoms with van der Waals surface area (Å²) in [7, 11) is 0. The fourth-order valence-corrected chi connectivity index (χ4v) is 4.31. The first kappa shape index (κ1) is 20.9. The molecular formula is C22H26F4N4. The van der Waals surface area contributed by atoms with Crippen LogP contribution < -0.4 is 5.32 Å². The van der Waals surface area contributed by atoms with Crippen molar-refractivity contribution >= 4 is 17.3 Å². The van der Waals surface area contributed by atoms with Gasteiger partial charge in [0.05, 0.1) is 16.9 Å². The third-order valence-electron chi connectivity index (χ3n) is 5.99. The van der Waals surface area contributed by atoms with E-state index in [0.29, 0.717) is 30.9 Å². The molecule has 0 spiro atoms. The number of nitrogens with one attached hydrogen (secondary N) is 1. The summed E-state index contributed by atoms with van der Waals surface area (Å²) in [4.78, 5) is 8.88. The number of aliphatic imine (C=N–C) groups is 1. The average molecular weight is 422 g/mol. The first-order valence-corrected chi connectivity index (χ1v) is 10.5. The number of halogens is 4. The van der Waals surface area contributed by atoms with Crippen LogP contribution in [0.1, 0.15) is 44.2 Å². The Morgan fingerprint density at radius 3 is 2.47 bits per heavy atom. The minimum Gasteiger partial charge on any atom is -0.340 e. The van der Waals surface area contributed by atoms with E-state index in [1.165, 1.54) is 5.57 Å². The van der Waals surface area contributed by atoms with Crippen LogP contribution in [0.3, 0.4) is 0 Å². The molecule has 4 rings (SSSR count). The minimum absolute atomic E-state index is 0.270. The Balaban J connectivity index is 1.94. The van der Waals surface area contributed by atoms with E-state index in [1.807, 2.05) is 11.8 Å². The zero-order valence-electron chi connectivity index (χ0n) is 17.2. The predicted octanol–water partition coefficient (Wildman–Crippen LogP) is 4.91. The smallest absolute Gasteiger partial charge is 0.340 e. The predicted molar refractivity (Wildman–Crippen MR) is 110 cm³/mol. The zero-order chi connectivity index (χ0) is 21.5. The molecule has 8 heteroatoms. The monoisotopic (exact) mass is 422 g/mol. The second kappa shape index (κ2) is 8.06. The number of guanidine groups is 1. The standard InChI is InChI=1S/C22H26F4N4/c1-3-14-5-6-15(4-2)20-16-11-17(22(24,25)26)18(23)12-19(16)28-21(30(20)13-14)29-9-7-27-8-10-29/h5,11-12,27H,3-4,6-10,13H2,1-2H3. The number of piperazine rings is 1. The number of hydrogen-bond donors (Lipinski definition) is 1. The molecule has 0 atom stereocenters. The Morgan fingerprint density at radius 1 is 1.10 bits per heavy atom. The highest BCUT2D eigenvalue weighted by molar-refractivity contribution is 5.98. The van der Waals surface area contributed by atoms with E-state index in [-0.39, 0.29) is 5.69 Å². The van der Waals surface area contributed by atoms with Crippen molar-refractivity contribution in [3.8, 4) is 0 Å². The molecule has 3 aliphatic heterocycles. The van der Waals surface area contributed by atoms with Crippen molar-refractivity contribution in [3.05, 3.63) is 46.3 Å². The van der Waals surface area contributed by atoms with Gasteiger partial charge in [0.15, 0.2) is 0 Å². The lowest BCUT2D eigenvalue weighted by atomic mass is 9.96. The van der Waals surface area contributed by atoms with Crippen LogP contribution in [0, 0.1) is 5.82 Å². The van der Waals surface area contributed by atoms with Crippen molar-refractivity contribution < 1.29 is 17.6 Å². The number of hydrogen-bond acceptors (Lipinski definition) is 4. The molecule has 0 amide bonds. The maximum Gasteiger partial charge on any atom is 0.419 e. The van der Waals surface area contributed by atoms with Gasteiger partial charge in [-0.15, -0.1) is 0 Å². The summed E-state index contributed by atoms with van der Waals surface area (Å²) in [5.74, 6) is -0.580. The number of nitrogens with zero attached hydrogens (tertiary/aromatic N) is 3. The fourth-order valence-electron chi connectivity index (χ4n) is 4.31. The molecule has 0 radical (unpaired) electrons. The van der Waals surface area contributed by atoms with Gasteiger partial charge in [0.2, 0.25) is 5.96 Å². The number of rotatable bonds is 2. The van der Waals surface area contributed by atoms with Gasteiger partial charge in [-0.05, 0) is 30.9 Å². The van der Waals surface area contributed by atoms with Crippen LogP contribution in [0.5, 0.6) is 0 Å². The molecule has 0 aliphatic carbocycles. The zero-order valence-corrected chi connectivity index (χ0v) is 17.2. The third-order valence-corrected chi connectivity index (χ3v) is 5.99. The van der Waals surface area contributed by atoms with Crippen molar-refractivity contribution in [2.24, 2.45) is 4.99 Å². The van der Waals surface area contributed by atoms with Gasteiger partial charge in [0.25, 0.3) is 0 Å². The quantitative estimate of drug-likeness (QED) is 0.543. The lowest BCUT2D eigenvalue weighted by molar-refractivity contribution is -0.140. The normalized spacial score (nSPS) is 19.8. The van der Waals surface area contributed by atoms with Crippen LogP contribution in [0.4, 0.5) is 23.2 Å². The maximum absolute atomic E-state index is 14.4. The molecule has 1 aromatic carbocycles. The molecule has 4 nitrogen and oxygen atoms in total. The number of alkyl halides is 3. The van der Waals surface area contributed by atoms with Crippen LogP contribution in [0.2, 0.25) is 0 Å². The summed E-state index contributed by atoms with van der Waals surface area (Å²) < 4.78 is 54.8. The lowest BCUT2D eigenvalue weighted by Crippen LogP contribution is -2.52. The summed E-state index contributed by atoms with van der Waals surface area (Å²) >= 11 is 0. The highest BCUT2D eigenvalue weighted by Crippen LogP contribution is 2.44. The van der Waals surface area contributed by atoms with Crippen LogP contribution in [0.15, 0.2) is 34.3 Å². The van der Waals surface area contributed by atoms with Crippen LogP contribution >= 0.6 is 0 Å². The van der Waals surface area contributed by atoms with E-state index in [0.717, 1.165) is 56.0 Å². The van der Waals surface area contributed by atoms with Crippen LogP contribution in [0.25, 0.3) is 5.70 Å². The molecule has 0 unspecified atom stereocenters. The molecule has 1 N–H and O–H groups in total. The third kappa shape index (κ3) is 3.73. The van der Waals surface area contributed by atoms with E-state index >= 15 is 0 Å². The second-order valence-electron chi connectivity index (χ2n) is 7.81. The summed E-state index contributed by atoms with van der Waals surface area (Å²) in [6, 6.07) is 1.88. The largest absolute Gasteiger partial charge is 0.419 e. The Hall–Kier alpha value is -2.35. The van der Waals surface area contributed by atoms with Gasteiger partial charge in [-0.25, -0.2) is 9.38 Å². The van der Waals surface area contributed by atoms with E-state index in [4.69, 9.17) is 0 Å². The lowest BCUT2D eigenvalue weighted by Gasteiger charge is -2.41. The first-order chi connectivity index (χ1) is 14.3. The molecule has 0 saturated carbocycles. The van der Waals surface area contributed by atoms with E-state index in [9.17, 15) is 17.6 Å². The number of allylic oxidation sites excluding steroid dienone is 2. The first-order valence-electron chi connectivity index (χ1n) is 10.5. The molecule has 1 aromatic rings. The van der Waals surface area contributed by atoms with Crippen molar-refractivity contribution in [2.45, 2.75) is 39.3 Å². The van der Waals surface area contributed by atoms with Gasteiger partial charge in [0, 0.05) is 44.4 Å². The molecule has 3 heterocycles. The summed E-state index contributed by atoms with van der Waals surface area (Å²) in [5, 5.41) is 3.31. The fraction of sp³-hybridized carbons (Fsp3) is 0.500. The molecule has 1 fully saturated rings. The van der Waals surface area contributed by atoms with Gasteiger partial charge in [-0.2, -0.15) is 13.2 Å². The SMILES string of the molecule is CCC1=CCC(CC)=C2c3cc(C(F)(F)F)c(F)cc3N=C(N3CCNCC3)N2C1. The van der Waals surface area contributed by atoms with Gasteiger partial charge in [0.1, 0.15) is 5.82 Å². The van der Waals surface area contributed by atoms with Crippen LogP contribution in [-0.2, 0) is 6.18 Å². The van der Waals surface area contributed by atoms with E-state index in [1.54, 1.807) is 0 Å². The highest BCUT2D eigenvalue weighted by Gasteiger charge is 2.38. The Bertz CT molecular complexity index is 924. The van der Waals surface area contributed by atoms with Gasteiger partial charge in [-0.3, -0.25) is 0 Å².